The molecule has 0 saturated carbocycles. The van der Waals surface area contributed by atoms with Crippen LogP contribution in [-0.4, -0.2) is 9.55 Å². The Morgan fingerprint density at radius 1 is 0.914 bits per heavy atom. The second-order valence-electron chi connectivity index (χ2n) is 9.18. The van der Waals surface area contributed by atoms with Crippen LogP contribution in [0.15, 0.2) is 95.5 Å². The first-order chi connectivity index (χ1) is 17.2. The molecule has 4 heteroatoms. The summed E-state index contributed by atoms with van der Waals surface area (Å²) >= 11 is 0. The summed E-state index contributed by atoms with van der Waals surface area (Å²) in [6.07, 6.45) is 2.55. The highest BCUT2D eigenvalue weighted by atomic mass is 16.3. The number of nitrogens with zero attached hydrogens (tertiary/aromatic N) is 3. The number of furan rings is 1. The van der Waals surface area contributed by atoms with E-state index in [1.165, 1.54) is 27.6 Å². The lowest BCUT2D eigenvalue weighted by Crippen LogP contribution is -2.11. The van der Waals surface area contributed by atoms with E-state index in [1.807, 2.05) is 24.3 Å². The standard InChI is InChI=1S/C31H21N3O/c1-19-16-27-30(31-29(19)23-10-4-7-13-28(23)35-31)22-9-3-6-12-26(22)34(27)25-11-5-2-8-21(25)24-15-14-20(17-32)18-33-24/h2-15,18-19H,16H2,1H3. The van der Waals surface area contributed by atoms with Crippen LogP contribution in [0.25, 0.3) is 50.1 Å². The highest BCUT2D eigenvalue weighted by molar-refractivity contribution is 6.03. The number of aromatic nitrogens is 2. The Labute approximate surface area is 202 Å². The lowest BCUT2D eigenvalue weighted by atomic mass is 9.84. The molecule has 3 aromatic heterocycles. The second-order valence-corrected chi connectivity index (χ2v) is 9.18. The molecule has 0 saturated heterocycles. The van der Waals surface area contributed by atoms with E-state index in [0.29, 0.717) is 11.5 Å². The van der Waals surface area contributed by atoms with Gasteiger partial charge in [-0.25, -0.2) is 0 Å². The fourth-order valence-corrected chi connectivity index (χ4v) is 5.65. The number of fused-ring (bicyclic) bond motifs is 7. The molecule has 0 radical (unpaired) electrons. The minimum absolute atomic E-state index is 0.324. The zero-order valence-electron chi connectivity index (χ0n) is 19.2. The number of hydrogen-bond acceptors (Lipinski definition) is 3. The minimum atomic E-state index is 0.324. The fraction of sp³-hybridized carbons (Fsp3) is 0.0968. The Bertz CT molecular complexity index is 1800. The van der Waals surface area contributed by atoms with Crippen molar-refractivity contribution in [2.24, 2.45) is 0 Å². The lowest BCUT2D eigenvalue weighted by Gasteiger charge is -2.22. The molecule has 3 heterocycles. The Morgan fingerprint density at radius 3 is 2.51 bits per heavy atom. The predicted octanol–water partition coefficient (Wildman–Crippen LogP) is 7.64. The molecule has 0 fully saturated rings. The lowest BCUT2D eigenvalue weighted by molar-refractivity contribution is 0.606. The van der Waals surface area contributed by atoms with E-state index in [-0.39, 0.29) is 0 Å². The van der Waals surface area contributed by atoms with Crippen molar-refractivity contribution >= 4 is 21.9 Å². The molecular weight excluding hydrogens is 430 g/mol. The van der Waals surface area contributed by atoms with Gasteiger partial charge in [-0.3, -0.25) is 4.98 Å². The maximum absolute atomic E-state index is 9.21. The average Bonchev–Trinajstić information content (AvgIpc) is 3.45. The topological polar surface area (TPSA) is 54.8 Å². The van der Waals surface area contributed by atoms with Crippen molar-refractivity contribution in [3.8, 4) is 34.3 Å². The third kappa shape index (κ3) is 2.82. The van der Waals surface area contributed by atoms with Gasteiger partial charge in [0.2, 0.25) is 0 Å². The van der Waals surface area contributed by atoms with Crippen LogP contribution in [0.2, 0.25) is 0 Å². The van der Waals surface area contributed by atoms with E-state index >= 15 is 0 Å². The Morgan fingerprint density at radius 2 is 1.69 bits per heavy atom. The third-order valence-electron chi connectivity index (χ3n) is 7.14. The Balaban J connectivity index is 1.55. The zero-order valence-corrected chi connectivity index (χ0v) is 19.2. The highest BCUT2D eigenvalue weighted by Crippen LogP contribution is 2.50. The van der Waals surface area contributed by atoms with Gasteiger partial charge in [0, 0.05) is 39.4 Å². The molecule has 166 valence electrons. The van der Waals surface area contributed by atoms with E-state index in [0.717, 1.165) is 40.2 Å². The molecule has 1 unspecified atom stereocenters. The number of benzene rings is 3. The highest BCUT2D eigenvalue weighted by Gasteiger charge is 2.33. The summed E-state index contributed by atoms with van der Waals surface area (Å²) in [5.41, 5.74) is 9.35. The predicted molar refractivity (Wildman–Crippen MR) is 139 cm³/mol. The van der Waals surface area contributed by atoms with E-state index in [2.05, 4.69) is 83.2 Å². The average molecular weight is 452 g/mol. The maximum atomic E-state index is 9.21. The minimum Gasteiger partial charge on any atom is -0.456 e. The van der Waals surface area contributed by atoms with Crippen LogP contribution in [-0.2, 0) is 6.42 Å². The quantitative estimate of drug-likeness (QED) is 0.272. The first-order valence-corrected chi connectivity index (χ1v) is 11.8. The molecule has 1 aliphatic carbocycles. The van der Waals surface area contributed by atoms with Crippen LogP contribution in [0.3, 0.4) is 0 Å². The molecule has 0 bridgehead atoms. The summed E-state index contributed by atoms with van der Waals surface area (Å²) in [6, 6.07) is 31.2. The van der Waals surface area contributed by atoms with Gasteiger partial charge in [0.25, 0.3) is 0 Å². The van der Waals surface area contributed by atoms with Crippen molar-refractivity contribution in [1.82, 2.24) is 9.55 Å². The monoisotopic (exact) mass is 451 g/mol. The van der Waals surface area contributed by atoms with Gasteiger partial charge in [-0.15, -0.1) is 0 Å². The molecule has 35 heavy (non-hydrogen) atoms. The largest absolute Gasteiger partial charge is 0.456 e. The maximum Gasteiger partial charge on any atom is 0.141 e. The van der Waals surface area contributed by atoms with Crippen molar-refractivity contribution in [1.29, 1.82) is 5.26 Å². The molecule has 0 amide bonds. The molecule has 0 spiro atoms. The number of rotatable bonds is 2. The molecule has 0 N–H and O–H groups in total. The van der Waals surface area contributed by atoms with E-state index in [4.69, 9.17) is 4.42 Å². The van der Waals surface area contributed by atoms with Gasteiger partial charge in [-0.2, -0.15) is 5.26 Å². The van der Waals surface area contributed by atoms with Crippen LogP contribution < -0.4 is 0 Å². The number of nitriles is 1. The smallest absolute Gasteiger partial charge is 0.141 e. The van der Waals surface area contributed by atoms with Crippen LogP contribution in [0, 0.1) is 11.3 Å². The summed E-state index contributed by atoms with van der Waals surface area (Å²) in [6.45, 7) is 2.29. The number of pyridine rings is 1. The molecule has 6 aromatic rings. The van der Waals surface area contributed by atoms with Crippen molar-refractivity contribution < 1.29 is 4.42 Å². The number of hydrogen-bond donors (Lipinski definition) is 0. The van der Waals surface area contributed by atoms with Gasteiger partial charge in [-0.1, -0.05) is 61.5 Å². The first-order valence-electron chi connectivity index (χ1n) is 11.8. The van der Waals surface area contributed by atoms with Crippen molar-refractivity contribution in [2.45, 2.75) is 19.3 Å². The van der Waals surface area contributed by atoms with Crippen LogP contribution in [0.5, 0.6) is 0 Å². The fourth-order valence-electron chi connectivity index (χ4n) is 5.65. The number of para-hydroxylation sites is 3. The van der Waals surface area contributed by atoms with Crippen molar-refractivity contribution in [3.63, 3.8) is 0 Å². The zero-order chi connectivity index (χ0) is 23.5. The SMILES string of the molecule is CC1Cc2c(c3ccccc3n2-c2ccccc2-c2ccc(C#N)cn2)-c2oc3ccccc3c21. The van der Waals surface area contributed by atoms with Crippen molar-refractivity contribution in [2.75, 3.05) is 0 Å². The summed E-state index contributed by atoms with van der Waals surface area (Å²) in [4.78, 5) is 4.61. The molecule has 7 rings (SSSR count). The summed E-state index contributed by atoms with van der Waals surface area (Å²) in [5, 5.41) is 11.6. The summed E-state index contributed by atoms with van der Waals surface area (Å²) in [5.74, 6) is 1.31. The van der Waals surface area contributed by atoms with E-state index in [1.54, 1.807) is 6.20 Å². The molecular formula is C31H21N3O. The molecule has 1 aliphatic rings. The van der Waals surface area contributed by atoms with E-state index in [9.17, 15) is 5.26 Å². The van der Waals surface area contributed by atoms with Crippen LogP contribution in [0.1, 0.15) is 29.7 Å². The van der Waals surface area contributed by atoms with Gasteiger partial charge in [-0.05, 0) is 42.7 Å². The molecule has 0 aliphatic heterocycles. The summed E-state index contributed by atoms with van der Waals surface area (Å²) < 4.78 is 8.91. The van der Waals surface area contributed by atoms with Crippen LogP contribution in [0.4, 0.5) is 0 Å². The third-order valence-corrected chi connectivity index (χ3v) is 7.14. The van der Waals surface area contributed by atoms with Crippen molar-refractivity contribution in [3.05, 3.63) is 108 Å². The Hall–Kier alpha value is -4.62. The van der Waals surface area contributed by atoms with Crippen LogP contribution >= 0.6 is 0 Å². The van der Waals surface area contributed by atoms with Gasteiger partial charge >= 0.3 is 0 Å². The van der Waals surface area contributed by atoms with Gasteiger partial charge < -0.3 is 8.98 Å². The molecule has 4 nitrogen and oxygen atoms in total. The molecule has 3 aromatic carbocycles. The molecule has 1 atom stereocenters. The Kier molecular flexibility index (Phi) is 4.21. The summed E-state index contributed by atoms with van der Waals surface area (Å²) in [7, 11) is 0. The first kappa shape index (κ1) is 19.8. The van der Waals surface area contributed by atoms with Gasteiger partial charge in [0.15, 0.2) is 0 Å². The van der Waals surface area contributed by atoms with Gasteiger partial charge in [0.1, 0.15) is 17.4 Å². The van der Waals surface area contributed by atoms with E-state index < -0.39 is 0 Å². The normalized spacial score (nSPS) is 14.6. The second kappa shape index (κ2) is 7.44. The van der Waals surface area contributed by atoms with Gasteiger partial charge in [0.05, 0.1) is 22.5 Å².